The Hall–Kier alpha value is -1.12. The number of hydrogen-bond acceptors (Lipinski definition) is 5. The van der Waals surface area contributed by atoms with Gasteiger partial charge in [-0.25, -0.2) is 4.98 Å². The van der Waals surface area contributed by atoms with Crippen molar-refractivity contribution in [3.63, 3.8) is 0 Å². The van der Waals surface area contributed by atoms with Crippen LogP contribution in [0.3, 0.4) is 0 Å². The summed E-state index contributed by atoms with van der Waals surface area (Å²) in [6.45, 7) is 1.56. The molecule has 5 heteroatoms. The van der Waals surface area contributed by atoms with Crippen LogP contribution in [0.5, 0.6) is 0 Å². The van der Waals surface area contributed by atoms with Crippen LogP contribution in [0.1, 0.15) is 29.3 Å². The zero-order valence-corrected chi connectivity index (χ0v) is 9.43. The Balaban J connectivity index is 2.25. The highest BCUT2D eigenvalue weighted by molar-refractivity contribution is 7.16. The molecule has 0 spiro atoms. The molecule has 0 aliphatic carbocycles. The predicted octanol–water partition coefficient (Wildman–Crippen LogP) is 1.95. The first-order valence-corrected chi connectivity index (χ1v) is 5.83. The summed E-state index contributed by atoms with van der Waals surface area (Å²) < 4.78 is 5.30. The smallest absolute Gasteiger partial charge is 0.183 e. The van der Waals surface area contributed by atoms with Crippen LogP contribution >= 0.6 is 11.3 Å². The molecule has 1 aromatic rings. The number of rotatable bonds is 2. The highest BCUT2D eigenvalue weighted by atomic mass is 32.1. The summed E-state index contributed by atoms with van der Waals surface area (Å²) in [4.78, 5) is 5.19. The molecular formula is C10H13N3OS. The van der Waals surface area contributed by atoms with Crippen molar-refractivity contribution < 1.29 is 4.74 Å². The van der Waals surface area contributed by atoms with Gasteiger partial charge in [0.1, 0.15) is 10.9 Å². The zero-order valence-electron chi connectivity index (χ0n) is 8.62. The van der Waals surface area contributed by atoms with Crippen LogP contribution in [0.2, 0.25) is 0 Å². The molecule has 2 rings (SSSR count). The van der Waals surface area contributed by atoms with E-state index in [0.717, 1.165) is 41.8 Å². The molecule has 0 bridgehead atoms. The second-order valence-corrected chi connectivity index (χ2v) is 4.48. The van der Waals surface area contributed by atoms with Crippen LogP contribution < -0.4 is 5.32 Å². The number of aromatic nitrogens is 1. The summed E-state index contributed by atoms with van der Waals surface area (Å²) in [7, 11) is 1.83. The number of anilines is 1. The fraction of sp³-hybridized carbons (Fsp3) is 0.600. The first-order chi connectivity index (χ1) is 7.35. The molecule has 4 nitrogen and oxygen atoms in total. The van der Waals surface area contributed by atoms with E-state index in [1.165, 1.54) is 11.3 Å². The van der Waals surface area contributed by atoms with E-state index in [2.05, 4.69) is 16.4 Å². The van der Waals surface area contributed by atoms with E-state index < -0.39 is 0 Å². The molecule has 0 atom stereocenters. The van der Waals surface area contributed by atoms with Gasteiger partial charge in [-0.1, -0.05) is 11.3 Å². The Morgan fingerprint density at radius 1 is 1.53 bits per heavy atom. The van der Waals surface area contributed by atoms with Gasteiger partial charge in [0.15, 0.2) is 5.13 Å². The lowest BCUT2D eigenvalue weighted by Crippen LogP contribution is -2.15. The number of thiazole rings is 1. The van der Waals surface area contributed by atoms with E-state index in [1.54, 1.807) is 0 Å². The third kappa shape index (κ3) is 2.11. The van der Waals surface area contributed by atoms with Gasteiger partial charge in [-0.3, -0.25) is 0 Å². The first kappa shape index (κ1) is 10.4. The highest BCUT2D eigenvalue weighted by Crippen LogP contribution is 2.33. The topological polar surface area (TPSA) is 57.9 Å². The molecule has 80 valence electrons. The minimum absolute atomic E-state index is 0.395. The Morgan fingerprint density at radius 2 is 2.27 bits per heavy atom. The normalized spacial score (nSPS) is 17.3. The molecule has 0 unspecified atom stereocenters. The van der Waals surface area contributed by atoms with Crippen molar-refractivity contribution in [2.45, 2.75) is 18.8 Å². The van der Waals surface area contributed by atoms with Gasteiger partial charge in [-0.15, -0.1) is 0 Å². The number of nitriles is 1. The second kappa shape index (κ2) is 4.60. The van der Waals surface area contributed by atoms with E-state index in [1.807, 2.05) is 7.05 Å². The molecule has 1 saturated heterocycles. The van der Waals surface area contributed by atoms with Gasteiger partial charge in [-0.2, -0.15) is 5.26 Å². The Kier molecular flexibility index (Phi) is 3.19. The van der Waals surface area contributed by atoms with Crippen molar-refractivity contribution in [3.05, 3.63) is 10.6 Å². The molecule has 0 amide bonds. The maximum absolute atomic E-state index is 9.02. The molecule has 0 radical (unpaired) electrons. The van der Waals surface area contributed by atoms with Crippen LogP contribution in [0.15, 0.2) is 0 Å². The monoisotopic (exact) mass is 223 g/mol. The lowest BCUT2D eigenvalue weighted by Gasteiger charge is -2.20. The van der Waals surface area contributed by atoms with Crippen molar-refractivity contribution >= 4 is 16.5 Å². The quantitative estimate of drug-likeness (QED) is 0.832. The van der Waals surface area contributed by atoms with Crippen molar-refractivity contribution in [2.75, 3.05) is 25.6 Å². The summed E-state index contributed by atoms with van der Waals surface area (Å²) in [5.74, 6) is 0.395. The average Bonchev–Trinajstić information content (AvgIpc) is 2.73. The number of nitrogens with zero attached hydrogens (tertiary/aromatic N) is 2. The summed E-state index contributed by atoms with van der Waals surface area (Å²) in [6, 6.07) is 2.22. The first-order valence-electron chi connectivity index (χ1n) is 5.01. The van der Waals surface area contributed by atoms with E-state index in [-0.39, 0.29) is 0 Å². The zero-order chi connectivity index (χ0) is 10.7. The van der Waals surface area contributed by atoms with Gasteiger partial charge in [0.05, 0.1) is 5.69 Å². The summed E-state index contributed by atoms with van der Waals surface area (Å²) in [6.07, 6.45) is 1.95. The van der Waals surface area contributed by atoms with E-state index in [0.29, 0.717) is 5.92 Å². The number of nitrogens with one attached hydrogen (secondary N) is 1. The lowest BCUT2D eigenvalue weighted by molar-refractivity contribution is 0.0846. The standard InChI is InChI=1S/C10H13N3OS/c1-12-10-13-9(8(6-11)15-10)7-2-4-14-5-3-7/h7H,2-5H2,1H3,(H,12,13). The van der Waals surface area contributed by atoms with Crippen LogP contribution in [0.4, 0.5) is 5.13 Å². The lowest BCUT2D eigenvalue weighted by atomic mass is 9.96. The van der Waals surface area contributed by atoms with Gasteiger partial charge in [0.25, 0.3) is 0 Å². The highest BCUT2D eigenvalue weighted by Gasteiger charge is 2.22. The molecule has 1 aliphatic heterocycles. The molecule has 1 fully saturated rings. The average molecular weight is 223 g/mol. The Morgan fingerprint density at radius 3 is 2.87 bits per heavy atom. The molecule has 1 N–H and O–H groups in total. The van der Waals surface area contributed by atoms with Crippen LogP contribution in [-0.2, 0) is 4.74 Å². The molecule has 1 aliphatic rings. The number of ether oxygens (including phenoxy) is 1. The molecule has 15 heavy (non-hydrogen) atoms. The minimum Gasteiger partial charge on any atom is -0.381 e. The number of hydrogen-bond donors (Lipinski definition) is 1. The third-order valence-electron chi connectivity index (χ3n) is 2.58. The summed E-state index contributed by atoms with van der Waals surface area (Å²) >= 11 is 1.43. The maximum Gasteiger partial charge on any atom is 0.183 e. The van der Waals surface area contributed by atoms with Crippen molar-refractivity contribution in [3.8, 4) is 6.07 Å². The van der Waals surface area contributed by atoms with Crippen molar-refractivity contribution in [1.82, 2.24) is 4.98 Å². The van der Waals surface area contributed by atoms with E-state index in [4.69, 9.17) is 10.00 Å². The summed E-state index contributed by atoms with van der Waals surface area (Å²) in [5, 5.41) is 12.8. The minimum atomic E-state index is 0.395. The SMILES string of the molecule is CNc1nc(C2CCOCC2)c(C#N)s1. The van der Waals surface area contributed by atoms with Gasteiger partial charge < -0.3 is 10.1 Å². The fourth-order valence-corrected chi connectivity index (χ4v) is 2.57. The van der Waals surface area contributed by atoms with E-state index >= 15 is 0 Å². The summed E-state index contributed by atoms with van der Waals surface area (Å²) in [5.41, 5.74) is 0.954. The van der Waals surface area contributed by atoms with Gasteiger partial charge >= 0.3 is 0 Å². The fourth-order valence-electron chi connectivity index (χ4n) is 1.77. The molecular weight excluding hydrogens is 210 g/mol. The molecule has 2 heterocycles. The van der Waals surface area contributed by atoms with Crippen LogP contribution in [-0.4, -0.2) is 25.2 Å². The van der Waals surface area contributed by atoms with Gasteiger partial charge in [0, 0.05) is 26.2 Å². The maximum atomic E-state index is 9.02. The molecule has 0 aromatic carbocycles. The molecule has 0 saturated carbocycles. The molecule has 1 aromatic heterocycles. The Labute approximate surface area is 92.9 Å². The van der Waals surface area contributed by atoms with Crippen molar-refractivity contribution in [2.24, 2.45) is 0 Å². The van der Waals surface area contributed by atoms with Crippen LogP contribution in [0.25, 0.3) is 0 Å². The van der Waals surface area contributed by atoms with Crippen LogP contribution in [0, 0.1) is 11.3 Å². The second-order valence-electron chi connectivity index (χ2n) is 3.48. The van der Waals surface area contributed by atoms with Gasteiger partial charge in [-0.05, 0) is 12.8 Å². The van der Waals surface area contributed by atoms with Gasteiger partial charge in [0.2, 0.25) is 0 Å². The third-order valence-corrected chi connectivity index (χ3v) is 3.57. The Bertz CT molecular complexity index is 377. The predicted molar refractivity (Wildman–Crippen MR) is 59.2 cm³/mol. The largest absolute Gasteiger partial charge is 0.381 e. The van der Waals surface area contributed by atoms with E-state index in [9.17, 15) is 0 Å². The van der Waals surface area contributed by atoms with Crippen molar-refractivity contribution in [1.29, 1.82) is 5.26 Å².